The molecule has 0 fully saturated rings. The minimum atomic E-state index is 0.533. The highest BCUT2D eigenvalue weighted by molar-refractivity contribution is 8.03. The number of aliphatic imine (C=N–C) groups is 1. The summed E-state index contributed by atoms with van der Waals surface area (Å²) in [5, 5.41) is 5.93. The Morgan fingerprint density at radius 3 is 2.21 bits per heavy atom. The van der Waals surface area contributed by atoms with Crippen molar-refractivity contribution >= 4 is 34.9 Å². The zero-order valence-electron chi connectivity index (χ0n) is 19.3. The molecule has 0 bridgehead atoms. The van der Waals surface area contributed by atoms with Crippen LogP contribution in [0.1, 0.15) is 19.4 Å². The van der Waals surface area contributed by atoms with Crippen LogP contribution in [-0.2, 0) is 0 Å². The van der Waals surface area contributed by atoms with Gasteiger partial charge in [-0.15, -0.1) is 0 Å². The lowest BCUT2D eigenvalue weighted by Crippen LogP contribution is -2.46. The molecule has 7 heteroatoms. The van der Waals surface area contributed by atoms with Crippen LogP contribution in [-0.4, -0.2) is 12.9 Å². The van der Waals surface area contributed by atoms with E-state index < -0.39 is 0 Å². The average molecular weight is 482 g/mol. The second kappa shape index (κ2) is 15.6. The van der Waals surface area contributed by atoms with Crippen molar-refractivity contribution < 1.29 is 0 Å². The maximum Gasteiger partial charge on any atom is 0.157 e. The highest BCUT2D eigenvalue weighted by atomic mass is 35.5. The first-order valence-corrected chi connectivity index (χ1v) is 11.4. The molecule has 0 spiro atoms. The molecule has 1 aliphatic rings. The van der Waals surface area contributed by atoms with E-state index in [4.69, 9.17) is 23.2 Å². The molecule has 0 unspecified atom stereocenters. The van der Waals surface area contributed by atoms with Crippen molar-refractivity contribution in [3.8, 4) is 0 Å². The van der Waals surface area contributed by atoms with Crippen molar-refractivity contribution in [2.75, 3.05) is 12.1 Å². The van der Waals surface area contributed by atoms with Crippen LogP contribution < -0.4 is 21.9 Å². The molecule has 1 heterocycles. The number of nitrogens with zero attached hydrogens (tertiary/aromatic N) is 2. The van der Waals surface area contributed by atoms with Gasteiger partial charge in [0.1, 0.15) is 10.9 Å². The third-order valence-electron chi connectivity index (χ3n) is 4.03. The highest BCUT2D eigenvalue weighted by Gasteiger charge is 2.25. The first kappa shape index (κ1) is 27.8. The van der Waals surface area contributed by atoms with E-state index in [1.165, 1.54) is 16.8 Å². The van der Waals surface area contributed by atoms with Crippen molar-refractivity contribution in [1.82, 2.24) is 5.32 Å². The zero-order chi connectivity index (χ0) is 24.6. The number of thioether (sulfide) groups is 1. The average Bonchev–Trinajstić information content (AvgIpc) is 2.81. The Hall–Kier alpha value is -3.19. The second-order valence-corrected chi connectivity index (χ2v) is 7.93. The van der Waals surface area contributed by atoms with Crippen molar-refractivity contribution in [1.29, 1.82) is 0 Å². The molecule has 0 aliphatic carbocycles. The van der Waals surface area contributed by atoms with Gasteiger partial charge in [-0.1, -0.05) is 91.2 Å². The number of halogens is 1. The van der Waals surface area contributed by atoms with E-state index in [0.717, 1.165) is 22.0 Å². The summed E-state index contributed by atoms with van der Waals surface area (Å²) in [6.45, 7) is 10.8. The number of amidine groups is 1. The lowest BCUT2D eigenvalue weighted by molar-refractivity contribution is 0.879. The van der Waals surface area contributed by atoms with E-state index in [1.54, 1.807) is 19.2 Å². The molecule has 1 aliphatic heterocycles. The number of anilines is 1. The van der Waals surface area contributed by atoms with Crippen LogP contribution >= 0.6 is 23.4 Å². The third kappa shape index (κ3) is 9.06. The minimum absolute atomic E-state index is 0.533. The molecular weight excluding hydrogens is 450 g/mol. The molecule has 174 valence electrons. The van der Waals surface area contributed by atoms with Crippen molar-refractivity contribution in [2.24, 2.45) is 16.6 Å². The van der Waals surface area contributed by atoms with Crippen molar-refractivity contribution in [3.05, 3.63) is 120 Å². The Balaban J connectivity index is 0.000000460. The number of hydrogen-bond acceptors (Lipinski definition) is 5. The molecule has 0 saturated carbocycles. The van der Waals surface area contributed by atoms with E-state index in [-0.39, 0.29) is 0 Å². The quantitative estimate of drug-likeness (QED) is 0.268. The summed E-state index contributed by atoms with van der Waals surface area (Å²) < 4.78 is 0. The zero-order valence-corrected chi connectivity index (χ0v) is 20.9. The fourth-order valence-electron chi connectivity index (χ4n) is 2.58. The number of nitrogens with two attached hydrogens (primary N) is 2. The molecule has 5 nitrogen and oxygen atoms in total. The first-order chi connectivity index (χ1) is 15.9. The van der Waals surface area contributed by atoms with Crippen LogP contribution in [0.3, 0.4) is 0 Å². The molecule has 0 radical (unpaired) electrons. The van der Waals surface area contributed by atoms with Gasteiger partial charge in [0.25, 0.3) is 0 Å². The summed E-state index contributed by atoms with van der Waals surface area (Å²) in [5.41, 5.74) is 8.03. The number of hydrazine groups is 1. The Kier molecular flexibility index (Phi) is 13.2. The standard InChI is InChI=1S/C16H16ClN5S.2C5H8/c1-20-15-12-7-2-3-8-13(12)22(19)16(21-15)14(18)23-11-6-4-5-10(17)9-11;2*1-3-5-4-2/h2-9H,18-19H2,1H3,(H,20,21);2*3-5H,1H2,2H3/b16-14+;2*5-4-. The maximum atomic E-state index is 6.26. The highest BCUT2D eigenvalue weighted by Crippen LogP contribution is 2.31. The summed E-state index contributed by atoms with van der Waals surface area (Å²) in [6, 6.07) is 15.3. The van der Waals surface area contributed by atoms with Gasteiger partial charge in [0.2, 0.25) is 0 Å². The molecule has 2 aromatic carbocycles. The third-order valence-corrected chi connectivity index (χ3v) is 5.17. The van der Waals surface area contributed by atoms with Crippen molar-refractivity contribution in [3.63, 3.8) is 0 Å². The van der Waals surface area contributed by atoms with E-state index in [9.17, 15) is 0 Å². The smallest absolute Gasteiger partial charge is 0.157 e. The van der Waals surface area contributed by atoms with Gasteiger partial charge in [0.15, 0.2) is 5.82 Å². The van der Waals surface area contributed by atoms with Crippen molar-refractivity contribution in [2.45, 2.75) is 18.7 Å². The van der Waals surface area contributed by atoms with Gasteiger partial charge in [-0.3, -0.25) is 10.0 Å². The Labute approximate surface area is 206 Å². The largest absolute Gasteiger partial charge is 0.390 e. The van der Waals surface area contributed by atoms with Crippen LogP contribution in [0.5, 0.6) is 0 Å². The molecule has 33 heavy (non-hydrogen) atoms. The predicted octanol–water partition coefficient (Wildman–Crippen LogP) is 6.37. The van der Waals surface area contributed by atoms with Gasteiger partial charge in [-0.25, -0.2) is 5.84 Å². The lowest BCUT2D eigenvalue weighted by atomic mass is 10.1. The molecule has 3 rings (SSSR count). The van der Waals surface area contributed by atoms with Gasteiger partial charge >= 0.3 is 0 Å². The van der Waals surface area contributed by atoms with Gasteiger partial charge in [0, 0.05) is 22.5 Å². The van der Waals surface area contributed by atoms with E-state index >= 15 is 0 Å². The van der Waals surface area contributed by atoms with E-state index in [1.807, 2.05) is 86.7 Å². The van der Waals surface area contributed by atoms with Crippen LogP contribution in [0.4, 0.5) is 5.69 Å². The molecule has 0 atom stereocenters. The Morgan fingerprint density at radius 2 is 1.70 bits per heavy atom. The van der Waals surface area contributed by atoms with Gasteiger partial charge in [-0.2, -0.15) is 0 Å². The van der Waals surface area contributed by atoms with E-state index in [2.05, 4.69) is 23.5 Å². The summed E-state index contributed by atoms with van der Waals surface area (Å²) in [7, 11) is 1.73. The second-order valence-electron chi connectivity index (χ2n) is 6.38. The van der Waals surface area contributed by atoms with E-state index in [0.29, 0.717) is 15.9 Å². The molecule has 0 saturated heterocycles. The fraction of sp³-hybridized carbons (Fsp3) is 0.115. The van der Waals surface area contributed by atoms with Crippen LogP contribution in [0.25, 0.3) is 0 Å². The lowest BCUT2D eigenvalue weighted by Gasteiger charge is -2.32. The maximum absolute atomic E-state index is 6.26. The fourth-order valence-corrected chi connectivity index (χ4v) is 3.67. The Bertz CT molecular complexity index is 1020. The van der Waals surface area contributed by atoms with Crippen LogP contribution in [0.15, 0.2) is 119 Å². The SMILES string of the molecule is C=C/C=C\C.C=C/C=C\C.CN=C1N/C(=C(/N)Sc2cccc(Cl)c2)N(N)c2ccccc21. The normalized spacial score (nSPS) is 15.1. The van der Waals surface area contributed by atoms with Gasteiger partial charge < -0.3 is 11.1 Å². The number of rotatable bonds is 4. The van der Waals surface area contributed by atoms with Gasteiger partial charge in [-0.05, 0) is 44.2 Å². The minimum Gasteiger partial charge on any atom is -0.390 e. The number of allylic oxidation sites excluding steroid dienone is 6. The summed E-state index contributed by atoms with van der Waals surface area (Å²) >= 11 is 7.40. The summed E-state index contributed by atoms with van der Waals surface area (Å²) in [5.74, 6) is 7.55. The molecular formula is C26H32ClN5S. The monoisotopic (exact) mass is 481 g/mol. The Morgan fingerprint density at radius 1 is 1.06 bits per heavy atom. The molecule has 2 aromatic rings. The number of para-hydroxylation sites is 1. The predicted molar refractivity (Wildman–Crippen MR) is 147 cm³/mol. The number of nitrogens with one attached hydrogen (secondary N) is 1. The van der Waals surface area contributed by atoms with Crippen LogP contribution in [0.2, 0.25) is 5.02 Å². The molecule has 5 N–H and O–H groups in total. The summed E-state index contributed by atoms with van der Waals surface area (Å²) in [6.07, 6.45) is 11.2. The van der Waals surface area contributed by atoms with Crippen LogP contribution in [0, 0.1) is 0 Å². The first-order valence-electron chi connectivity index (χ1n) is 10.2. The molecule has 0 amide bonds. The summed E-state index contributed by atoms with van der Waals surface area (Å²) in [4.78, 5) is 5.22. The topological polar surface area (TPSA) is 79.7 Å². The van der Waals surface area contributed by atoms with Gasteiger partial charge in [0.05, 0.1) is 5.69 Å². The number of hydrogen-bond donors (Lipinski definition) is 3. The number of benzene rings is 2. The molecule has 0 aromatic heterocycles. The number of fused-ring (bicyclic) bond motifs is 1.